The molecule has 2 N–H and O–H groups in total. The average Bonchev–Trinajstić information content (AvgIpc) is 2.49. The molecule has 132 valence electrons. The van der Waals surface area contributed by atoms with Crippen LogP contribution in [0.25, 0.3) is 0 Å². The molecule has 0 fully saturated rings. The lowest BCUT2D eigenvalue weighted by atomic mass is 9.87. The average molecular weight is 318 g/mol. The number of benzene rings is 1. The highest BCUT2D eigenvalue weighted by Gasteiger charge is 2.17. The molecular weight excluding hydrogens is 278 g/mol. The van der Waals surface area contributed by atoms with Gasteiger partial charge in [0.1, 0.15) is 0 Å². The van der Waals surface area contributed by atoms with Crippen LogP contribution in [0.5, 0.6) is 0 Å². The fraction of sp³-hybridized carbons (Fsp3) is 0.727. The zero-order valence-corrected chi connectivity index (χ0v) is 16.1. The molecule has 0 radical (unpaired) electrons. The zero-order chi connectivity index (χ0) is 17.1. The SMILES string of the molecule is CCCCCCCCCCCCc1cccc(C(C)(C)N)c1C. The summed E-state index contributed by atoms with van der Waals surface area (Å²) in [7, 11) is 0. The number of hydrogen-bond donors (Lipinski definition) is 1. The van der Waals surface area contributed by atoms with E-state index in [0.29, 0.717) is 0 Å². The van der Waals surface area contributed by atoms with Crippen LogP contribution < -0.4 is 5.73 Å². The molecule has 0 aliphatic carbocycles. The highest BCUT2D eigenvalue weighted by atomic mass is 14.7. The Morgan fingerprint density at radius 1 is 0.826 bits per heavy atom. The predicted molar refractivity (Wildman–Crippen MR) is 104 cm³/mol. The van der Waals surface area contributed by atoms with Crippen LogP contribution in [-0.4, -0.2) is 0 Å². The van der Waals surface area contributed by atoms with E-state index in [1.54, 1.807) is 0 Å². The van der Waals surface area contributed by atoms with Gasteiger partial charge >= 0.3 is 0 Å². The quantitative estimate of drug-likeness (QED) is 0.429. The predicted octanol–water partition coefficient (Wildman–Crippen LogP) is 6.65. The highest BCUT2D eigenvalue weighted by Crippen LogP contribution is 2.24. The van der Waals surface area contributed by atoms with Gasteiger partial charge in [0.15, 0.2) is 0 Å². The third-order valence-electron chi connectivity index (χ3n) is 4.94. The first-order valence-corrected chi connectivity index (χ1v) is 9.84. The molecule has 1 aromatic rings. The maximum Gasteiger partial charge on any atom is 0.0355 e. The van der Waals surface area contributed by atoms with Crippen LogP contribution in [0, 0.1) is 6.92 Å². The van der Waals surface area contributed by atoms with E-state index >= 15 is 0 Å². The molecule has 0 aliphatic rings. The standard InChI is InChI=1S/C22H39N/c1-5-6-7-8-9-10-11-12-13-14-16-20-17-15-18-21(19(20)2)22(3,4)23/h15,17-18H,5-14,16,23H2,1-4H3. The normalized spacial score (nSPS) is 11.9. The lowest BCUT2D eigenvalue weighted by Gasteiger charge is -2.23. The van der Waals surface area contributed by atoms with Crippen molar-refractivity contribution in [2.45, 2.75) is 104 Å². The molecule has 0 saturated heterocycles. The molecule has 0 spiro atoms. The van der Waals surface area contributed by atoms with Crippen LogP contribution in [0.4, 0.5) is 0 Å². The van der Waals surface area contributed by atoms with Gasteiger partial charge < -0.3 is 5.73 Å². The summed E-state index contributed by atoms with van der Waals surface area (Å²) in [5.41, 5.74) is 10.2. The number of aryl methyl sites for hydroxylation is 1. The molecular formula is C22H39N. The Morgan fingerprint density at radius 2 is 1.35 bits per heavy atom. The first-order chi connectivity index (χ1) is 11.0. The molecule has 0 amide bonds. The molecule has 1 heteroatoms. The second kappa shape index (κ2) is 10.9. The van der Waals surface area contributed by atoms with Gasteiger partial charge in [0, 0.05) is 5.54 Å². The second-order valence-corrected chi connectivity index (χ2v) is 7.74. The molecule has 0 unspecified atom stereocenters. The van der Waals surface area contributed by atoms with Gasteiger partial charge in [-0.3, -0.25) is 0 Å². The van der Waals surface area contributed by atoms with E-state index < -0.39 is 0 Å². The smallest absolute Gasteiger partial charge is 0.0355 e. The second-order valence-electron chi connectivity index (χ2n) is 7.74. The summed E-state index contributed by atoms with van der Waals surface area (Å²) in [4.78, 5) is 0. The highest BCUT2D eigenvalue weighted by molar-refractivity contribution is 5.38. The van der Waals surface area contributed by atoms with Crippen molar-refractivity contribution in [1.29, 1.82) is 0 Å². The summed E-state index contributed by atoms with van der Waals surface area (Å²) in [5.74, 6) is 0. The maximum absolute atomic E-state index is 6.28. The number of nitrogens with two attached hydrogens (primary N) is 1. The summed E-state index contributed by atoms with van der Waals surface area (Å²) in [6, 6.07) is 6.62. The Labute approximate surface area is 145 Å². The van der Waals surface area contributed by atoms with Crippen molar-refractivity contribution < 1.29 is 0 Å². The van der Waals surface area contributed by atoms with Crippen molar-refractivity contribution in [3.63, 3.8) is 0 Å². The van der Waals surface area contributed by atoms with Crippen molar-refractivity contribution >= 4 is 0 Å². The van der Waals surface area contributed by atoms with E-state index in [0.717, 1.165) is 0 Å². The third kappa shape index (κ3) is 8.01. The molecule has 0 heterocycles. The number of rotatable bonds is 12. The van der Waals surface area contributed by atoms with Crippen molar-refractivity contribution in [1.82, 2.24) is 0 Å². The van der Waals surface area contributed by atoms with Crippen LogP contribution in [0.1, 0.15) is 102 Å². The fourth-order valence-corrected chi connectivity index (χ4v) is 3.46. The third-order valence-corrected chi connectivity index (χ3v) is 4.94. The van der Waals surface area contributed by atoms with Crippen LogP contribution in [0.2, 0.25) is 0 Å². The Kier molecular flexibility index (Phi) is 9.55. The van der Waals surface area contributed by atoms with Crippen molar-refractivity contribution in [3.05, 3.63) is 34.9 Å². The van der Waals surface area contributed by atoms with Crippen LogP contribution >= 0.6 is 0 Å². The Balaban J connectivity index is 2.19. The van der Waals surface area contributed by atoms with E-state index in [9.17, 15) is 0 Å². The minimum atomic E-state index is -0.238. The Hall–Kier alpha value is -0.820. The first kappa shape index (κ1) is 20.2. The van der Waals surface area contributed by atoms with Crippen molar-refractivity contribution in [2.24, 2.45) is 5.73 Å². The molecule has 23 heavy (non-hydrogen) atoms. The van der Waals surface area contributed by atoms with E-state index in [4.69, 9.17) is 5.73 Å². The van der Waals surface area contributed by atoms with Gasteiger partial charge in [0.25, 0.3) is 0 Å². The first-order valence-electron chi connectivity index (χ1n) is 9.84. The zero-order valence-electron chi connectivity index (χ0n) is 16.1. The fourth-order valence-electron chi connectivity index (χ4n) is 3.46. The van der Waals surface area contributed by atoms with Gasteiger partial charge in [-0.2, -0.15) is 0 Å². The Bertz CT molecular complexity index is 428. The minimum Gasteiger partial charge on any atom is -0.322 e. The lowest BCUT2D eigenvalue weighted by Crippen LogP contribution is -2.29. The van der Waals surface area contributed by atoms with Gasteiger partial charge in [-0.15, -0.1) is 0 Å². The van der Waals surface area contributed by atoms with Gasteiger partial charge in [-0.25, -0.2) is 0 Å². The van der Waals surface area contributed by atoms with E-state index in [2.05, 4.69) is 45.9 Å². The minimum absolute atomic E-state index is 0.238. The molecule has 0 bridgehead atoms. The summed E-state index contributed by atoms with van der Waals surface area (Å²) in [5, 5.41) is 0. The molecule has 0 aromatic heterocycles. The molecule has 1 rings (SSSR count). The summed E-state index contributed by atoms with van der Waals surface area (Å²) in [6.07, 6.45) is 15.2. The van der Waals surface area contributed by atoms with Gasteiger partial charge in [0.05, 0.1) is 0 Å². The van der Waals surface area contributed by atoms with Gasteiger partial charge in [0.2, 0.25) is 0 Å². The molecule has 0 saturated carbocycles. The van der Waals surface area contributed by atoms with Crippen molar-refractivity contribution in [3.8, 4) is 0 Å². The molecule has 0 atom stereocenters. The van der Waals surface area contributed by atoms with E-state index in [1.807, 2.05) is 0 Å². The molecule has 1 nitrogen and oxygen atoms in total. The molecule has 1 aromatic carbocycles. The lowest BCUT2D eigenvalue weighted by molar-refractivity contribution is 0.546. The maximum atomic E-state index is 6.28. The van der Waals surface area contributed by atoms with E-state index in [1.165, 1.54) is 87.3 Å². The topological polar surface area (TPSA) is 26.0 Å². The molecule has 0 aliphatic heterocycles. The van der Waals surface area contributed by atoms with Crippen molar-refractivity contribution in [2.75, 3.05) is 0 Å². The summed E-state index contributed by atoms with van der Waals surface area (Å²) >= 11 is 0. The van der Waals surface area contributed by atoms with Gasteiger partial charge in [-0.1, -0.05) is 82.9 Å². The summed E-state index contributed by atoms with van der Waals surface area (Å²) < 4.78 is 0. The van der Waals surface area contributed by atoms with Crippen LogP contribution in [0.3, 0.4) is 0 Å². The van der Waals surface area contributed by atoms with Gasteiger partial charge in [-0.05, 0) is 50.3 Å². The Morgan fingerprint density at radius 3 is 1.87 bits per heavy atom. The number of hydrogen-bond acceptors (Lipinski definition) is 1. The monoisotopic (exact) mass is 317 g/mol. The number of unbranched alkanes of at least 4 members (excludes halogenated alkanes) is 9. The van der Waals surface area contributed by atoms with Crippen LogP contribution in [-0.2, 0) is 12.0 Å². The van der Waals surface area contributed by atoms with E-state index in [-0.39, 0.29) is 5.54 Å². The van der Waals surface area contributed by atoms with Crippen LogP contribution in [0.15, 0.2) is 18.2 Å². The largest absolute Gasteiger partial charge is 0.322 e. The summed E-state index contributed by atoms with van der Waals surface area (Å²) in [6.45, 7) is 8.71.